The van der Waals surface area contributed by atoms with Gasteiger partial charge in [-0.15, -0.1) is 0 Å². The van der Waals surface area contributed by atoms with Crippen molar-refractivity contribution in [2.45, 2.75) is 162 Å². The minimum absolute atomic E-state index is 0.137. The minimum atomic E-state index is -1.26. The lowest BCUT2D eigenvalue weighted by Crippen LogP contribution is -2.72. The summed E-state index contributed by atoms with van der Waals surface area (Å²) >= 11 is 0. The van der Waals surface area contributed by atoms with Crippen molar-refractivity contribution in [3.63, 3.8) is 0 Å². The Bertz CT molecular complexity index is 2330. The molecule has 1 spiro atoms. The van der Waals surface area contributed by atoms with E-state index < -0.39 is 33.6 Å². The SMILES string of the molecule is Cc1cc(CC2=C3N=CC4=C3N(C2)C[C@@H]2C3=C(C(=O)C[C@@]35CC=C[C@@]2(O)C2C3(C)CCC(=O)C(C)(C)[C@@H]3CC[C@]25C)[C@](C)(C[C@@H](O)[C@@H]2OC2(C)C)CC4)cc(C2CCOCC2)c1. The van der Waals surface area contributed by atoms with Crippen molar-refractivity contribution in [3.8, 4) is 0 Å². The van der Waals surface area contributed by atoms with Crippen molar-refractivity contribution in [1.82, 2.24) is 4.90 Å². The zero-order chi connectivity index (χ0) is 43.6. The van der Waals surface area contributed by atoms with Crippen molar-refractivity contribution in [2.75, 3.05) is 26.3 Å². The molecular weight excluding hydrogens is 773 g/mol. The second-order valence-corrected chi connectivity index (χ2v) is 23.9. The largest absolute Gasteiger partial charge is 0.390 e. The van der Waals surface area contributed by atoms with Gasteiger partial charge >= 0.3 is 0 Å². The first kappa shape index (κ1) is 41.5. The fourth-order valence-corrected chi connectivity index (χ4v) is 16.8. The van der Waals surface area contributed by atoms with Crippen LogP contribution < -0.4 is 0 Å². The van der Waals surface area contributed by atoms with E-state index in [4.69, 9.17) is 14.5 Å². The predicted octanol–water partition coefficient (Wildman–Crippen LogP) is 9.07. The number of fused-ring (bicyclic) bond motifs is 2. The van der Waals surface area contributed by atoms with Crippen LogP contribution in [-0.4, -0.2) is 82.6 Å². The molecule has 2 N–H and O–H groups in total. The van der Waals surface area contributed by atoms with Gasteiger partial charge in [0.25, 0.3) is 0 Å². The molecule has 0 aromatic heterocycles. The Balaban J connectivity index is 1.06. The van der Waals surface area contributed by atoms with E-state index in [1.54, 1.807) is 0 Å². The van der Waals surface area contributed by atoms with Crippen molar-refractivity contribution in [2.24, 2.45) is 49.8 Å². The molecule has 6 aliphatic carbocycles. The Labute approximate surface area is 369 Å². The normalized spacial score (nSPS) is 41.9. The molecule has 11 aliphatic rings. The molecule has 62 heavy (non-hydrogen) atoms. The summed E-state index contributed by atoms with van der Waals surface area (Å²) in [6.07, 6.45) is 14.5. The molecule has 5 aliphatic heterocycles. The number of aliphatic hydroxyl groups excluding tert-OH is 1. The van der Waals surface area contributed by atoms with Gasteiger partial charge in [-0.1, -0.05) is 70.5 Å². The highest BCUT2D eigenvalue weighted by atomic mass is 16.6. The molecule has 1 aromatic carbocycles. The van der Waals surface area contributed by atoms with E-state index in [-0.39, 0.29) is 40.5 Å². The summed E-state index contributed by atoms with van der Waals surface area (Å²) in [6, 6.07) is 7.14. The molecule has 12 rings (SSSR count). The molecule has 8 nitrogen and oxygen atoms in total. The predicted molar refractivity (Wildman–Crippen MR) is 240 cm³/mol. The smallest absolute Gasteiger partial charge is 0.160 e. The van der Waals surface area contributed by atoms with E-state index in [0.29, 0.717) is 43.9 Å². The van der Waals surface area contributed by atoms with Crippen LogP contribution in [0.15, 0.2) is 69.0 Å². The molecule has 2 saturated heterocycles. The van der Waals surface area contributed by atoms with Crippen LogP contribution in [-0.2, 0) is 25.5 Å². The maximum atomic E-state index is 15.5. The Morgan fingerprint density at radius 2 is 1.73 bits per heavy atom. The summed E-state index contributed by atoms with van der Waals surface area (Å²) in [4.78, 5) is 37.0. The van der Waals surface area contributed by atoms with Gasteiger partial charge in [0, 0.05) is 73.6 Å². The monoisotopic (exact) mass is 843 g/mol. The number of hydrogen-bond acceptors (Lipinski definition) is 8. The first-order chi connectivity index (χ1) is 29.3. The zero-order valence-corrected chi connectivity index (χ0v) is 38.7. The third kappa shape index (κ3) is 5.60. The molecule has 0 amide bonds. The van der Waals surface area contributed by atoms with Gasteiger partial charge < -0.3 is 24.6 Å². The number of aryl methyl sites for hydroxylation is 1. The van der Waals surface area contributed by atoms with E-state index in [2.05, 4.69) is 83.0 Å². The lowest BCUT2D eigenvalue weighted by atomic mass is 9.32. The highest BCUT2D eigenvalue weighted by Gasteiger charge is 2.77. The van der Waals surface area contributed by atoms with E-state index in [0.717, 1.165) is 82.4 Å². The fourth-order valence-electron chi connectivity index (χ4n) is 16.8. The standard InChI is InChI=1S/C54H70N2O6/c1-31-22-32(24-35(23-31)33-13-20-61-21-14-33)25-36-29-56-30-37-42-43(50(6,26-39(58)46-49(4,5)62-46)17-10-34-28-55-44(36)45(34)56)38(57)27-53(42)15-9-16-54(37,60)47-51(7)18-12-41(59)48(2,3)40(51)11-19-52(47,53)8/h9,16,22-24,28,33,37,39-40,46-47,58,60H,10-15,17-21,25-27,29-30H2,1-8H3/t37-,39-,40+,46+,47?,50+,51?,52-,53+,54+/m1/s1. The molecular formula is C54H70N2O6. The van der Waals surface area contributed by atoms with Gasteiger partial charge in [0.05, 0.1) is 28.7 Å². The van der Waals surface area contributed by atoms with E-state index >= 15 is 4.79 Å². The summed E-state index contributed by atoms with van der Waals surface area (Å²) < 4.78 is 11.8. The van der Waals surface area contributed by atoms with Crippen LogP contribution in [0.2, 0.25) is 0 Å². The van der Waals surface area contributed by atoms with E-state index in [1.807, 2.05) is 13.8 Å². The molecule has 5 fully saturated rings. The summed E-state index contributed by atoms with van der Waals surface area (Å²) in [5, 5.41) is 26.3. The van der Waals surface area contributed by atoms with Gasteiger partial charge in [-0.2, -0.15) is 0 Å². The Morgan fingerprint density at radius 1 is 0.968 bits per heavy atom. The molecule has 2 unspecified atom stereocenters. The van der Waals surface area contributed by atoms with Gasteiger partial charge in [0.1, 0.15) is 11.9 Å². The highest BCUT2D eigenvalue weighted by molar-refractivity contribution is 6.02. The third-order valence-electron chi connectivity index (χ3n) is 19.6. The quantitative estimate of drug-likeness (QED) is 0.217. The summed E-state index contributed by atoms with van der Waals surface area (Å²) in [7, 11) is 0. The van der Waals surface area contributed by atoms with Crippen molar-refractivity contribution in [3.05, 3.63) is 80.7 Å². The zero-order valence-electron chi connectivity index (χ0n) is 38.7. The lowest BCUT2D eigenvalue weighted by molar-refractivity contribution is -0.243. The summed E-state index contributed by atoms with van der Waals surface area (Å²) in [6.45, 7) is 20.7. The topological polar surface area (TPSA) is 112 Å². The third-order valence-corrected chi connectivity index (χ3v) is 19.6. The van der Waals surface area contributed by atoms with Crippen LogP contribution in [0, 0.1) is 51.8 Å². The van der Waals surface area contributed by atoms with Crippen LogP contribution in [0.5, 0.6) is 0 Å². The van der Waals surface area contributed by atoms with Crippen LogP contribution >= 0.6 is 0 Å². The molecule has 332 valence electrons. The Hall–Kier alpha value is -3.17. The molecule has 1 aromatic rings. The Kier molecular flexibility index (Phi) is 9.01. The van der Waals surface area contributed by atoms with E-state index in [1.165, 1.54) is 39.1 Å². The summed E-state index contributed by atoms with van der Waals surface area (Å²) in [5.41, 5.74) is 6.93. The molecule has 2 bridgehead atoms. The van der Waals surface area contributed by atoms with Gasteiger partial charge in [-0.25, -0.2) is 0 Å². The number of ketones is 2. The van der Waals surface area contributed by atoms with Crippen molar-refractivity contribution < 1.29 is 29.3 Å². The number of aliphatic imine (C=N–C) groups is 1. The second kappa shape index (κ2) is 13.5. The van der Waals surface area contributed by atoms with Gasteiger partial charge in [-0.3, -0.25) is 14.6 Å². The number of carbonyl (C=O) groups excluding carboxylic acids is 2. The van der Waals surface area contributed by atoms with Crippen LogP contribution in [0.1, 0.15) is 142 Å². The van der Waals surface area contributed by atoms with Crippen LogP contribution in [0.4, 0.5) is 0 Å². The Morgan fingerprint density at radius 3 is 2.47 bits per heavy atom. The number of benzene rings is 1. The first-order valence-electron chi connectivity index (χ1n) is 24.3. The average molecular weight is 843 g/mol. The van der Waals surface area contributed by atoms with Crippen molar-refractivity contribution >= 4 is 17.8 Å². The van der Waals surface area contributed by atoms with Crippen LogP contribution in [0.3, 0.4) is 0 Å². The van der Waals surface area contributed by atoms with Crippen molar-refractivity contribution in [1.29, 1.82) is 0 Å². The van der Waals surface area contributed by atoms with Crippen LogP contribution in [0.25, 0.3) is 0 Å². The van der Waals surface area contributed by atoms with Gasteiger partial charge in [0.2, 0.25) is 0 Å². The number of carbonyl (C=O) groups is 2. The molecule has 0 radical (unpaired) electrons. The average Bonchev–Trinajstić information content (AvgIpc) is 3.43. The molecule has 10 atom stereocenters. The van der Waals surface area contributed by atoms with Gasteiger partial charge in [-0.05, 0) is 141 Å². The lowest BCUT2D eigenvalue weighted by Gasteiger charge is -2.72. The number of Topliss-reactive ketones (excluding diaryl/α,β-unsaturated/α-hetero) is 2. The molecule has 8 heteroatoms. The number of ether oxygens (including phenoxy) is 2. The number of aliphatic hydroxyl groups is 2. The summed E-state index contributed by atoms with van der Waals surface area (Å²) in [5.74, 6) is 0.703. The minimum Gasteiger partial charge on any atom is -0.390 e. The number of hydrogen-bond donors (Lipinski definition) is 2. The molecule has 3 saturated carbocycles. The first-order valence-corrected chi connectivity index (χ1v) is 24.3. The van der Waals surface area contributed by atoms with E-state index in [9.17, 15) is 15.0 Å². The number of allylic oxidation sites excluding steroid dienone is 3. The number of nitrogens with zero attached hydrogens (tertiary/aromatic N) is 2. The highest BCUT2D eigenvalue weighted by Crippen LogP contribution is 2.79. The number of rotatable bonds is 6. The maximum absolute atomic E-state index is 15.5. The second-order valence-electron chi connectivity index (χ2n) is 23.9. The number of epoxide rings is 1. The van der Waals surface area contributed by atoms with Gasteiger partial charge in [0.15, 0.2) is 5.78 Å². The maximum Gasteiger partial charge on any atom is 0.160 e. The molecule has 5 heterocycles. The fraction of sp³-hybridized carbons (Fsp3) is 0.685.